The van der Waals surface area contributed by atoms with Crippen molar-refractivity contribution in [2.75, 3.05) is 44.2 Å². The second-order valence-electron chi connectivity index (χ2n) is 7.80. The number of carbonyl (C=O) groups is 1. The lowest BCUT2D eigenvalue weighted by Gasteiger charge is -2.35. The van der Waals surface area contributed by atoms with E-state index < -0.39 is 10.0 Å². The summed E-state index contributed by atoms with van der Waals surface area (Å²) in [5, 5.41) is 8.31. The minimum Gasteiger partial charge on any atom is -0.352 e. The fourth-order valence-corrected chi connectivity index (χ4v) is 5.42. The van der Waals surface area contributed by atoms with E-state index in [0.29, 0.717) is 44.8 Å². The molecule has 1 aromatic heterocycles. The van der Waals surface area contributed by atoms with Gasteiger partial charge in [0.2, 0.25) is 10.0 Å². The summed E-state index contributed by atoms with van der Waals surface area (Å²) in [4.78, 5) is 17.0. The van der Waals surface area contributed by atoms with Crippen LogP contribution in [0.5, 0.6) is 0 Å². The number of aryl methyl sites for hydroxylation is 1. The number of benzene rings is 1. The Labute approximate surface area is 177 Å². The van der Waals surface area contributed by atoms with E-state index >= 15 is 0 Å². The number of rotatable bonds is 4. The first-order valence-corrected chi connectivity index (χ1v) is 11.8. The lowest BCUT2D eigenvalue weighted by molar-refractivity contribution is 0.0746. The van der Waals surface area contributed by atoms with Crippen LogP contribution in [0.2, 0.25) is 0 Å². The molecule has 160 valence electrons. The van der Waals surface area contributed by atoms with Gasteiger partial charge in [0.05, 0.1) is 10.6 Å². The minimum atomic E-state index is -3.48. The van der Waals surface area contributed by atoms with Crippen LogP contribution in [0.1, 0.15) is 35.3 Å². The molecule has 2 aliphatic heterocycles. The molecule has 0 radical (unpaired) electrons. The maximum Gasteiger partial charge on any atom is 0.253 e. The molecule has 9 heteroatoms. The van der Waals surface area contributed by atoms with Gasteiger partial charge in [-0.05, 0) is 56.2 Å². The molecule has 0 saturated carbocycles. The third-order valence-corrected chi connectivity index (χ3v) is 7.64. The third kappa shape index (κ3) is 4.32. The second kappa shape index (κ2) is 8.69. The zero-order valence-corrected chi connectivity index (χ0v) is 18.0. The summed E-state index contributed by atoms with van der Waals surface area (Å²) in [6.07, 6.45) is 2.87. The van der Waals surface area contributed by atoms with Gasteiger partial charge in [0.15, 0.2) is 5.82 Å². The number of nitrogens with zero attached hydrogens (tertiary/aromatic N) is 5. The summed E-state index contributed by atoms with van der Waals surface area (Å²) in [6, 6.07) is 10.2. The third-order valence-electron chi connectivity index (χ3n) is 5.73. The van der Waals surface area contributed by atoms with Gasteiger partial charge in [0, 0.05) is 44.8 Å². The van der Waals surface area contributed by atoms with Gasteiger partial charge in [-0.3, -0.25) is 4.79 Å². The van der Waals surface area contributed by atoms with Gasteiger partial charge in [0.1, 0.15) is 0 Å². The molecular weight excluding hydrogens is 402 g/mol. The number of carbonyl (C=O) groups excluding carboxylic acids is 1. The predicted octanol–water partition coefficient (Wildman–Crippen LogP) is 1.92. The Morgan fingerprint density at radius 1 is 0.833 bits per heavy atom. The van der Waals surface area contributed by atoms with Crippen LogP contribution in [0.15, 0.2) is 41.3 Å². The van der Waals surface area contributed by atoms with E-state index in [1.807, 2.05) is 19.1 Å². The highest BCUT2D eigenvalue weighted by Crippen LogP contribution is 2.22. The summed E-state index contributed by atoms with van der Waals surface area (Å²) in [6.45, 7) is 5.58. The molecule has 0 bridgehead atoms. The van der Waals surface area contributed by atoms with Crippen molar-refractivity contribution < 1.29 is 13.2 Å². The molecule has 0 atom stereocenters. The quantitative estimate of drug-likeness (QED) is 0.738. The molecule has 4 rings (SSSR count). The van der Waals surface area contributed by atoms with E-state index in [-0.39, 0.29) is 10.8 Å². The molecule has 2 aliphatic rings. The van der Waals surface area contributed by atoms with Gasteiger partial charge in [-0.2, -0.15) is 9.40 Å². The number of hydrogen-bond donors (Lipinski definition) is 0. The normalized spacial score (nSPS) is 18.4. The highest BCUT2D eigenvalue weighted by Gasteiger charge is 2.27. The van der Waals surface area contributed by atoms with Crippen molar-refractivity contribution in [2.45, 2.75) is 31.1 Å². The molecule has 1 amide bonds. The molecule has 30 heavy (non-hydrogen) atoms. The number of anilines is 1. The van der Waals surface area contributed by atoms with Crippen LogP contribution in [-0.4, -0.2) is 73.0 Å². The molecule has 2 aromatic rings. The summed E-state index contributed by atoms with van der Waals surface area (Å²) in [5.74, 6) is 0.742. The van der Waals surface area contributed by atoms with Crippen molar-refractivity contribution in [1.29, 1.82) is 0 Å². The van der Waals surface area contributed by atoms with Crippen LogP contribution in [0, 0.1) is 6.92 Å². The lowest BCUT2D eigenvalue weighted by atomic mass is 10.2. The highest BCUT2D eigenvalue weighted by molar-refractivity contribution is 7.89. The van der Waals surface area contributed by atoms with Gasteiger partial charge in [0.25, 0.3) is 5.91 Å². The van der Waals surface area contributed by atoms with Gasteiger partial charge in [-0.15, -0.1) is 5.10 Å². The molecular formula is C21H27N5O3S. The Kier molecular flexibility index (Phi) is 6.01. The lowest BCUT2D eigenvalue weighted by Crippen LogP contribution is -2.49. The SMILES string of the molecule is Cc1ccc(N2CCN(C(=O)c3ccc(S(=O)(=O)N4CCCCC4)cc3)CC2)nn1. The predicted molar refractivity (Wildman–Crippen MR) is 114 cm³/mol. The fourth-order valence-electron chi connectivity index (χ4n) is 3.91. The second-order valence-corrected chi connectivity index (χ2v) is 9.74. The Bertz CT molecular complexity index is 978. The summed E-state index contributed by atoms with van der Waals surface area (Å²) in [7, 11) is -3.48. The van der Waals surface area contributed by atoms with Crippen molar-refractivity contribution >= 4 is 21.7 Å². The Morgan fingerprint density at radius 2 is 1.50 bits per heavy atom. The van der Waals surface area contributed by atoms with Gasteiger partial charge in [-0.25, -0.2) is 8.42 Å². The van der Waals surface area contributed by atoms with E-state index in [4.69, 9.17) is 0 Å². The zero-order chi connectivity index (χ0) is 21.1. The van der Waals surface area contributed by atoms with Crippen LogP contribution in [-0.2, 0) is 10.0 Å². The molecule has 1 aromatic carbocycles. The average molecular weight is 430 g/mol. The molecule has 0 unspecified atom stereocenters. The summed E-state index contributed by atoms with van der Waals surface area (Å²) < 4.78 is 27.1. The smallest absolute Gasteiger partial charge is 0.253 e. The van der Waals surface area contributed by atoms with E-state index in [9.17, 15) is 13.2 Å². The summed E-state index contributed by atoms with van der Waals surface area (Å²) >= 11 is 0. The van der Waals surface area contributed by atoms with Crippen molar-refractivity contribution in [3.8, 4) is 0 Å². The molecule has 2 saturated heterocycles. The van der Waals surface area contributed by atoms with Crippen LogP contribution >= 0.6 is 0 Å². The van der Waals surface area contributed by atoms with Gasteiger partial charge >= 0.3 is 0 Å². The van der Waals surface area contributed by atoms with E-state index in [0.717, 1.165) is 30.8 Å². The maximum atomic E-state index is 12.9. The zero-order valence-electron chi connectivity index (χ0n) is 17.2. The molecule has 0 spiro atoms. The Balaban J connectivity index is 1.39. The Hall–Kier alpha value is -2.52. The maximum absolute atomic E-state index is 12.9. The van der Waals surface area contributed by atoms with Crippen molar-refractivity contribution in [3.63, 3.8) is 0 Å². The molecule has 2 fully saturated rings. The number of hydrogen-bond acceptors (Lipinski definition) is 6. The first kappa shape index (κ1) is 20.7. The average Bonchev–Trinajstić information content (AvgIpc) is 2.80. The number of sulfonamides is 1. The minimum absolute atomic E-state index is 0.0773. The topological polar surface area (TPSA) is 86.7 Å². The van der Waals surface area contributed by atoms with Crippen LogP contribution in [0.4, 0.5) is 5.82 Å². The number of piperidine rings is 1. The van der Waals surface area contributed by atoms with Crippen molar-refractivity contribution in [1.82, 2.24) is 19.4 Å². The van der Waals surface area contributed by atoms with Gasteiger partial charge in [-0.1, -0.05) is 6.42 Å². The van der Waals surface area contributed by atoms with Crippen LogP contribution in [0.3, 0.4) is 0 Å². The first-order valence-electron chi connectivity index (χ1n) is 10.4. The van der Waals surface area contributed by atoms with E-state index in [1.165, 1.54) is 0 Å². The number of amides is 1. The van der Waals surface area contributed by atoms with Crippen LogP contribution < -0.4 is 4.90 Å². The number of piperazine rings is 1. The van der Waals surface area contributed by atoms with E-state index in [1.54, 1.807) is 33.5 Å². The first-order chi connectivity index (χ1) is 14.4. The van der Waals surface area contributed by atoms with Gasteiger partial charge < -0.3 is 9.80 Å². The molecule has 0 N–H and O–H groups in total. The standard InChI is InChI=1S/C21H27N5O3S/c1-17-5-10-20(23-22-17)24-13-15-25(16-14-24)21(27)18-6-8-19(9-7-18)30(28,29)26-11-3-2-4-12-26/h5-10H,2-4,11-16H2,1H3. The Morgan fingerprint density at radius 3 is 2.10 bits per heavy atom. The fraction of sp³-hybridized carbons (Fsp3) is 0.476. The highest BCUT2D eigenvalue weighted by atomic mass is 32.2. The molecule has 0 aliphatic carbocycles. The molecule has 8 nitrogen and oxygen atoms in total. The van der Waals surface area contributed by atoms with E-state index in [2.05, 4.69) is 15.1 Å². The molecule has 3 heterocycles. The van der Waals surface area contributed by atoms with Crippen molar-refractivity contribution in [3.05, 3.63) is 47.7 Å². The monoisotopic (exact) mass is 429 g/mol. The van der Waals surface area contributed by atoms with Crippen LogP contribution in [0.25, 0.3) is 0 Å². The largest absolute Gasteiger partial charge is 0.352 e. The van der Waals surface area contributed by atoms with Crippen molar-refractivity contribution in [2.24, 2.45) is 0 Å². The number of aromatic nitrogens is 2. The summed E-state index contributed by atoms with van der Waals surface area (Å²) in [5.41, 5.74) is 1.38.